The molecule has 0 spiro atoms. The maximum Gasteiger partial charge on any atom is 0.323 e. The Morgan fingerprint density at radius 2 is 1.82 bits per heavy atom. The third-order valence-electron chi connectivity index (χ3n) is 4.05. The number of aryl methyl sites for hydroxylation is 1. The second-order valence-corrected chi connectivity index (χ2v) is 6.94. The van der Waals surface area contributed by atoms with Crippen molar-refractivity contribution < 1.29 is 23.9 Å². The largest absolute Gasteiger partial charge is 0.480 e. The first-order valence-electron chi connectivity index (χ1n) is 8.86. The molecule has 28 heavy (non-hydrogen) atoms. The maximum atomic E-state index is 13.8. The molecule has 7 heteroatoms. The van der Waals surface area contributed by atoms with Gasteiger partial charge in [-0.15, -0.1) is 0 Å². The summed E-state index contributed by atoms with van der Waals surface area (Å²) in [5.41, 5.74) is 1.19. The van der Waals surface area contributed by atoms with Gasteiger partial charge in [0.25, 0.3) is 11.8 Å². The predicted octanol–water partition coefficient (Wildman–Crippen LogP) is 3.57. The fourth-order valence-electron chi connectivity index (χ4n) is 2.73. The Morgan fingerprint density at radius 3 is 2.43 bits per heavy atom. The lowest BCUT2D eigenvalue weighted by Crippen LogP contribution is -2.38. The average Bonchev–Trinajstić information content (AvgIpc) is 2.62. The standard InChI is InChI=1S/C21H23FN2O4/c1-13(2)11-24(12-19(25)26)21(28)15-9-8-14(3)18(10-15)23-20(27)16-6-4-5-7-17(16)22/h4-10,13H,11-12H2,1-3H3,(H,23,27)(H,25,26). The highest BCUT2D eigenvalue weighted by molar-refractivity contribution is 6.05. The molecule has 0 aliphatic rings. The summed E-state index contributed by atoms with van der Waals surface area (Å²) in [5, 5.41) is 11.7. The summed E-state index contributed by atoms with van der Waals surface area (Å²) in [6.45, 7) is 5.39. The number of aliphatic carboxylic acids is 1. The number of halogens is 1. The number of rotatable bonds is 7. The second-order valence-electron chi connectivity index (χ2n) is 6.94. The molecule has 0 unspecified atom stereocenters. The quantitative estimate of drug-likeness (QED) is 0.762. The number of hydrogen-bond donors (Lipinski definition) is 2. The van der Waals surface area contributed by atoms with Crippen molar-refractivity contribution in [2.24, 2.45) is 5.92 Å². The van der Waals surface area contributed by atoms with Gasteiger partial charge in [0.2, 0.25) is 0 Å². The highest BCUT2D eigenvalue weighted by Crippen LogP contribution is 2.20. The molecular formula is C21H23FN2O4. The van der Waals surface area contributed by atoms with Gasteiger partial charge < -0.3 is 15.3 Å². The Hall–Kier alpha value is -3.22. The van der Waals surface area contributed by atoms with Gasteiger partial charge in [0.15, 0.2) is 0 Å². The molecule has 148 valence electrons. The van der Waals surface area contributed by atoms with Crippen molar-refractivity contribution in [3.8, 4) is 0 Å². The van der Waals surface area contributed by atoms with Gasteiger partial charge in [-0.3, -0.25) is 14.4 Å². The van der Waals surface area contributed by atoms with E-state index in [1.165, 1.54) is 29.2 Å². The molecule has 2 amide bonds. The van der Waals surface area contributed by atoms with Crippen LogP contribution in [-0.2, 0) is 4.79 Å². The minimum atomic E-state index is -1.10. The van der Waals surface area contributed by atoms with Gasteiger partial charge >= 0.3 is 5.97 Å². The van der Waals surface area contributed by atoms with Gasteiger partial charge in [-0.2, -0.15) is 0 Å². The minimum Gasteiger partial charge on any atom is -0.480 e. The van der Waals surface area contributed by atoms with E-state index in [-0.39, 0.29) is 23.6 Å². The number of carboxylic acids is 1. The first kappa shape index (κ1) is 21.1. The van der Waals surface area contributed by atoms with Crippen LogP contribution in [0.25, 0.3) is 0 Å². The van der Waals surface area contributed by atoms with Gasteiger partial charge in [-0.25, -0.2) is 4.39 Å². The number of benzene rings is 2. The van der Waals surface area contributed by atoms with E-state index < -0.39 is 30.1 Å². The minimum absolute atomic E-state index is 0.0916. The van der Waals surface area contributed by atoms with Crippen molar-refractivity contribution in [1.29, 1.82) is 0 Å². The monoisotopic (exact) mass is 386 g/mol. The summed E-state index contributed by atoms with van der Waals surface area (Å²) < 4.78 is 13.8. The maximum absolute atomic E-state index is 13.8. The molecule has 0 bridgehead atoms. The van der Waals surface area contributed by atoms with Crippen LogP contribution in [-0.4, -0.2) is 40.9 Å². The van der Waals surface area contributed by atoms with Gasteiger partial charge in [0, 0.05) is 17.8 Å². The molecule has 0 radical (unpaired) electrons. The first-order chi connectivity index (χ1) is 13.2. The number of nitrogens with one attached hydrogen (secondary N) is 1. The van der Waals surface area contributed by atoms with Crippen LogP contribution in [0.2, 0.25) is 0 Å². The van der Waals surface area contributed by atoms with E-state index in [0.29, 0.717) is 11.3 Å². The molecule has 6 nitrogen and oxygen atoms in total. The Labute approximate surface area is 163 Å². The Balaban J connectivity index is 2.28. The molecule has 0 aliphatic heterocycles. The fourth-order valence-corrected chi connectivity index (χ4v) is 2.73. The molecule has 0 saturated carbocycles. The van der Waals surface area contributed by atoms with E-state index in [0.717, 1.165) is 0 Å². The molecule has 0 heterocycles. The molecule has 2 rings (SSSR count). The summed E-state index contributed by atoms with van der Waals surface area (Å²) in [7, 11) is 0. The van der Waals surface area contributed by atoms with E-state index in [1.54, 1.807) is 25.1 Å². The molecule has 0 saturated heterocycles. The average molecular weight is 386 g/mol. The van der Waals surface area contributed by atoms with Crippen LogP contribution in [0.4, 0.5) is 10.1 Å². The van der Waals surface area contributed by atoms with Crippen molar-refractivity contribution in [3.63, 3.8) is 0 Å². The predicted molar refractivity (Wildman–Crippen MR) is 104 cm³/mol. The van der Waals surface area contributed by atoms with Crippen molar-refractivity contribution >= 4 is 23.5 Å². The molecule has 2 aromatic rings. The number of nitrogens with zero attached hydrogens (tertiary/aromatic N) is 1. The molecule has 0 aromatic heterocycles. The van der Waals surface area contributed by atoms with Crippen LogP contribution in [0.5, 0.6) is 0 Å². The van der Waals surface area contributed by atoms with E-state index in [4.69, 9.17) is 5.11 Å². The lowest BCUT2D eigenvalue weighted by molar-refractivity contribution is -0.137. The summed E-state index contributed by atoms with van der Waals surface area (Å²) in [6.07, 6.45) is 0. The lowest BCUT2D eigenvalue weighted by Gasteiger charge is -2.23. The summed E-state index contributed by atoms with van der Waals surface area (Å²) in [4.78, 5) is 37.5. The van der Waals surface area contributed by atoms with Crippen molar-refractivity contribution in [3.05, 3.63) is 65.0 Å². The zero-order valence-electron chi connectivity index (χ0n) is 16.0. The van der Waals surface area contributed by atoms with E-state index in [2.05, 4.69) is 5.32 Å². The molecule has 0 atom stereocenters. The van der Waals surface area contributed by atoms with Crippen LogP contribution >= 0.6 is 0 Å². The zero-order valence-corrected chi connectivity index (χ0v) is 16.0. The number of carbonyl (C=O) groups excluding carboxylic acids is 2. The number of anilines is 1. The third-order valence-corrected chi connectivity index (χ3v) is 4.05. The summed E-state index contributed by atoms with van der Waals surface area (Å²) >= 11 is 0. The van der Waals surface area contributed by atoms with Crippen molar-refractivity contribution in [2.45, 2.75) is 20.8 Å². The van der Waals surface area contributed by atoms with Crippen LogP contribution in [0.3, 0.4) is 0 Å². The molecule has 2 N–H and O–H groups in total. The highest BCUT2D eigenvalue weighted by atomic mass is 19.1. The van der Waals surface area contributed by atoms with E-state index in [9.17, 15) is 18.8 Å². The summed E-state index contributed by atoms with van der Waals surface area (Å²) in [5.74, 6) is -2.73. The number of hydrogen-bond acceptors (Lipinski definition) is 3. The smallest absolute Gasteiger partial charge is 0.323 e. The van der Waals surface area contributed by atoms with Crippen molar-refractivity contribution in [2.75, 3.05) is 18.4 Å². The number of carboxylic acid groups (broad SMARTS) is 1. The van der Waals surface area contributed by atoms with Crippen LogP contribution in [0.15, 0.2) is 42.5 Å². The lowest BCUT2D eigenvalue weighted by atomic mass is 10.1. The van der Waals surface area contributed by atoms with Gasteiger partial charge in [0.05, 0.1) is 5.56 Å². The van der Waals surface area contributed by atoms with Crippen molar-refractivity contribution in [1.82, 2.24) is 4.90 Å². The van der Waals surface area contributed by atoms with Gasteiger partial charge in [-0.05, 0) is 42.7 Å². The normalized spacial score (nSPS) is 10.6. The molecule has 2 aromatic carbocycles. The van der Waals surface area contributed by atoms with Gasteiger partial charge in [0.1, 0.15) is 12.4 Å². The third kappa shape index (κ3) is 5.39. The first-order valence-corrected chi connectivity index (χ1v) is 8.86. The molecule has 0 fully saturated rings. The molecule has 0 aliphatic carbocycles. The number of amides is 2. The summed E-state index contributed by atoms with van der Waals surface area (Å²) in [6, 6.07) is 10.3. The van der Waals surface area contributed by atoms with Gasteiger partial charge in [-0.1, -0.05) is 32.0 Å². The Bertz CT molecular complexity index is 896. The van der Waals surface area contributed by atoms with E-state index in [1.807, 2.05) is 13.8 Å². The van der Waals surface area contributed by atoms with E-state index >= 15 is 0 Å². The second kappa shape index (κ2) is 9.12. The van der Waals surface area contributed by atoms with Crippen LogP contribution < -0.4 is 5.32 Å². The Morgan fingerprint density at radius 1 is 1.14 bits per heavy atom. The topological polar surface area (TPSA) is 86.7 Å². The number of carbonyl (C=O) groups is 3. The Kier molecular flexibility index (Phi) is 6.87. The SMILES string of the molecule is Cc1ccc(C(=O)N(CC(=O)O)CC(C)C)cc1NC(=O)c1ccccc1F. The molecular weight excluding hydrogens is 363 g/mol. The van der Waals surface area contributed by atoms with Crippen LogP contribution in [0.1, 0.15) is 40.1 Å². The van der Waals surface area contributed by atoms with Crippen LogP contribution in [0, 0.1) is 18.7 Å². The zero-order chi connectivity index (χ0) is 20.8. The highest BCUT2D eigenvalue weighted by Gasteiger charge is 2.21. The fraction of sp³-hybridized carbons (Fsp3) is 0.286.